The molecule has 0 spiro atoms. The Balaban J connectivity index is 0.000000198. The van der Waals surface area contributed by atoms with Crippen molar-refractivity contribution in [3.8, 4) is 22.3 Å². The molecule has 4 heteroatoms. The van der Waals surface area contributed by atoms with E-state index in [2.05, 4.69) is 99.7 Å². The summed E-state index contributed by atoms with van der Waals surface area (Å²) >= 11 is 1.74. The van der Waals surface area contributed by atoms with Crippen molar-refractivity contribution in [2.75, 3.05) is 0 Å². The monoisotopic (exact) mass is 576 g/mol. The van der Waals surface area contributed by atoms with Gasteiger partial charge >= 0.3 is 41.9 Å². The van der Waals surface area contributed by atoms with Crippen LogP contribution in [-0.4, -0.2) is 5.43 Å². The third kappa shape index (κ3) is 6.41. The van der Waals surface area contributed by atoms with Crippen molar-refractivity contribution in [3.63, 3.8) is 0 Å². The van der Waals surface area contributed by atoms with Crippen molar-refractivity contribution in [2.24, 2.45) is 0 Å². The summed E-state index contributed by atoms with van der Waals surface area (Å²) in [5.74, 6) is 0. The Labute approximate surface area is 232 Å². The number of hydrogen-bond acceptors (Lipinski definition) is 0. The summed E-state index contributed by atoms with van der Waals surface area (Å²) in [6.45, 7) is 8.90. The average Bonchev–Trinajstić information content (AvgIpc) is 3.35. The summed E-state index contributed by atoms with van der Waals surface area (Å²) in [7, 11) is 0. The molecule has 34 heavy (non-hydrogen) atoms. The zero-order chi connectivity index (χ0) is 22.7. The van der Waals surface area contributed by atoms with Crippen LogP contribution in [0, 0.1) is 26.0 Å². The number of fused-ring (bicyclic) bond motifs is 6. The molecule has 0 heterocycles. The zero-order valence-electron chi connectivity index (χ0n) is 20.1. The summed E-state index contributed by atoms with van der Waals surface area (Å²) in [4.78, 5) is 0. The fourth-order valence-corrected chi connectivity index (χ4v) is 4.50. The van der Waals surface area contributed by atoms with Gasteiger partial charge < -0.3 is 24.8 Å². The zero-order valence-corrected chi connectivity index (χ0v) is 25.1. The molecule has 0 unspecified atom stereocenters. The van der Waals surface area contributed by atoms with Gasteiger partial charge in [-0.3, -0.25) is 0 Å². The van der Waals surface area contributed by atoms with Gasteiger partial charge in [0.1, 0.15) is 0 Å². The van der Waals surface area contributed by atoms with Gasteiger partial charge in [-0.15, -0.1) is 22.3 Å². The Morgan fingerprint density at radius 1 is 0.618 bits per heavy atom. The van der Waals surface area contributed by atoms with Crippen molar-refractivity contribution in [3.05, 3.63) is 118 Å². The molecule has 0 radical (unpaired) electrons. The number of hydrogen-bond donors (Lipinski definition) is 0. The van der Waals surface area contributed by atoms with Gasteiger partial charge in [0, 0.05) is 0 Å². The molecule has 2 aliphatic carbocycles. The summed E-state index contributed by atoms with van der Waals surface area (Å²) in [5.41, 5.74) is 14.2. The fourth-order valence-electron chi connectivity index (χ4n) is 4.50. The molecule has 6 rings (SSSR count). The SMILES string of the molecule is C[Si](C)=[Zr+2].Cc1[c-]ccc2c1Cc1ccccc1-2.Cc1[c-]ccc2c1Cc1ccccc1-2.[Cl-].[Cl-]. The number of halogens is 2. The van der Waals surface area contributed by atoms with Crippen LogP contribution in [0.15, 0.2) is 72.8 Å². The Hall–Kier alpha value is -1.44. The van der Waals surface area contributed by atoms with Crippen LogP contribution in [0.5, 0.6) is 0 Å². The van der Waals surface area contributed by atoms with Crippen LogP contribution in [0.2, 0.25) is 13.1 Å². The van der Waals surface area contributed by atoms with Crippen LogP contribution in [-0.2, 0) is 36.2 Å². The summed E-state index contributed by atoms with van der Waals surface area (Å²) in [6, 6.07) is 32.2. The van der Waals surface area contributed by atoms with E-state index < -0.39 is 0 Å². The van der Waals surface area contributed by atoms with E-state index in [1.807, 2.05) is 12.1 Å². The second-order valence-electron chi connectivity index (χ2n) is 8.66. The topological polar surface area (TPSA) is 0 Å². The number of rotatable bonds is 0. The third-order valence-corrected chi connectivity index (χ3v) is 6.00. The van der Waals surface area contributed by atoms with Crippen LogP contribution >= 0.6 is 0 Å². The average molecular weight is 579 g/mol. The molecule has 0 fully saturated rings. The largest absolute Gasteiger partial charge is 1.00 e. The Bertz CT molecular complexity index is 1200. The van der Waals surface area contributed by atoms with Gasteiger partial charge in [-0.2, -0.15) is 47.5 Å². The van der Waals surface area contributed by atoms with E-state index in [9.17, 15) is 0 Å². The number of benzene rings is 4. The summed E-state index contributed by atoms with van der Waals surface area (Å²) in [5, 5.41) is 0. The predicted molar refractivity (Wildman–Crippen MR) is 134 cm³/mol. The quantitative estimate of drug-likeness (QED) is 0.190. The Kier molecular flexibility index (Phi) is 11.0. The normalized spacial score (nSPS) is 11.0. The van der Waals surface area contributed by atoms with Crippen molar-refractivity contribution in [1.82, 2.24) is 0 Å². The minimum absolute atomic E-state index is 0. The van der Waals surface area contributed by atoms with Gasteiger partial charge in [0.15, 0.2) is 0 Å². The van der Waals surface area contributed by atoms with Crippen LogP contribution in [0.1, 0.15) is 33.4 Å². The maximum atomic E-state index is 3.27. The standard InChI is InChI=1S/2C14H11.C2H6Si.2ClH.Zr/c2*1-10-5-4-8-13-12-7-3-2-6-11(12)9-14(10)13;1-3-2;;;/h2*2-4,6-8H,9H2,1H3;1-2H3;2*1H;/q2*-1;;;;+2/p-2. The first kappa shape index (κ1) is 28.8. The van der Waals surface area contributed by atoms with Crippen LogP contribution in [0.25, 0.3) is 22.3 Å². The first-order chi connectivity index (χ1) is 15.5. The molecule has 0 aliphatic heterocycles. The first-order valence-electron chi connectivity index (χ1n) is 11.1. The van der Waals surface area contributed by atoms with Crippen LogP contribution < -0.4 is 24.8 Å². The molecular weight excluding hydrogens is 551 g/mol. The molecule has 4 aromatic carbocycles. The minimum Gasteiger partial charge on any atom is -1.00 e. The minimum atomic E-state index is 0. The third-order valence-electron chi connectivity index (χ3n) is 6.00. The van der Waals surface area contributed by atoms with Gasteiger partial charge in [0.25, 0.3) is 0 Å². The van der Waals surface area contributed by atoms with Crippen LogP contribution in [0.4, 0.5) is 0 Å². The molecule has 0 amide bonds. The van der Waals surface area contributed by atoms with Gasteiger partial charge in [-0.25, -0.2) is 0 Å². The Morgan fingerprint density at radius 2 is 0.971 bits per heavy atom. The molecule has 0 bridgehead atoms. The van der Waals surface area contributed by atoms with Gasteiger partial charge in [-0.05, 0) is 35.1 Å². The van der Waals surface area contributed by atoms with E-state index >= 15 is 0 Å². The van der Waals surface area contributed by atoms with E-state index in [0.29, 0.717) is 0 Å². The van der Waals surface area contributed by atoms with E-state index in [1.54, 1.807) is 23.3 Å². The molecule has 4 aromatic rings. The molecule has 0 nitrogen and oxygen atoms in total. The van der Waals surface area contributed by atoms with E-state index in [4.69, 9.17) is 0 Å². The predicted octanol–water partition coefficient (Wildman–Crippen LogP) is 1.53. The smallest absolute Gasteiger partial charge is 0.0398 e. The molecule has 0 saturated heterocycles. The molecule has 2 aliphatic rings. The number of aryl methyl sites for hydroxylation is 2. The summed E-state index contributed by atoms with van der Waals surface area (Å²) < 4.78 is 0. The first-order valence-corrected chi connectivity index (χ1v) is 17.3. The van der Waals surface area contributed by atoms with E-state index in [1.165, 1.54) is 55.6 Å². The molecule has 0 saturated carbocycles. The maximum absolute atomic E-state index is 3.27. The second-order valence-corrected chi connectivity index (χ2v) is 18.0. The van der Waals surface area contributed by atoms with Crippen molar-refractivity contribution in [1.29, 1.82) is 0 Å². The maximum Gasteiger partial charge on any atom is -0.0398 e. The second kappa shape index (κ2) is 13.0. The summed E-state index contributed by atoms with van der Waals surface area (Å²) in [6.07, 6.45) is 2.16. The molecule has 0 atom stereocenters. The molecule has 0 N–H and O–H groups in total. The fraction of sp³-hybridized carbons (Fsp3) is 0.200. The Morgan fingerprint density at radius 3 is 1.35 bits per heavy atom. The van der Waals surface area contributed by atoms with Crippen LogP contribution in [0.3, 0.4) is 0 Å². The molecular formula is C30H28Cl2SiZr-2. The van der Waals surface area contributed by atoms with Gasteiger partial charge in [0.05, 0.1) is 0 Å². The van der Waals surface area contributed by atoms with Gasteiger partial charge in [-0.1, -0.05) is 62.4 Å². The molecule has 0 aromatic heterocycles. The van der Waals surface area contributed by atoms with E-state index in [0.717, 1.165) is 12.8 Å². The van der Waals surface area contributed by atoms with Crippen molar-refractivity contribution in [2.45, 2.75) is 39.8 Å². The van der Waals surface area contributed by atoms with E-state index in [-0.39, 0.29) is 30.2 Å². The van der Waals surface area contributed by atoms with Crippen molar-refractivity contribution >= 4 is 5.43 Å². The molecule has 172 valence electrons. The van der Waals surface area contributed by atoms with Gasteiger partial charge in [0.2, 0.25) is 0 Å². The van der Waals surface area contributed by atoms with Crippen molar-refractivity contribution < 1.29 is 48.1 Å².